The van der Waals surface area contributed by atoms with Crippen LogP contribution in [0.1, 0.15) is 23.2 Å². The first-order chi connectivity index (χ1) is 11.8. The van der Waals surface area contributed by atoms with Gasteiger partial charge in [-0.2, -0.15) is 0 Å². The molecule has 0 spiro atoms. The molecule has 1 saturated heterocycles. The minimum Gasteiger partial charge on any atom is -0.378 e. The molecule has 5 heteroatoms. The summed E-state index contributed by atoms with van der Waals surface area (Å²) in [4.78, 5) is 1.92. The van der Waals surface area contributed by atoms with Crippen LogP contribution in [0.2, 0.25) is 0 Å². The lowest BCUT2D eigenvalue weighted by molar-refractivity contribution is 0.125. The lowest BCUT2D eigenvalue weighted by atomic mass is 9.92. The number of guanidine groups is 1. The molecule has 1 aliphatic rings. The Morgan fingerprint density at radius 3 is 2.25 bits per heavy atom. The normalized spacial score (nSPS) is 22.2. The number of nitrogens with zero attached hydrogens (tertiary/aromatic N) is 1. The van der Waals surface area contributed by atoms with Crippen LogP contribution in [0.4, 0.5) is 0 Å². The van der Waals surface area contributed by atoms with Crippen molar-refractivity contribution in [1.82, 2.24) is 10.2 Å². The third-order valence-corrected chi connectivity index (χ3v) is 4.35. The SMILES string of the molecule is N=C(N)N1CCOCCNC(c2ccccc2)C1c1ccccc1. The van der Waals surface area contributed by atoms with Gasteiger partial charge in [0, 0.05) is 13.1 Å². The van der Waals surface area contributed by atoms with E-state index < -0.39 is 0 Å². The number of hydrogen-bond donors (Lipinski definition) is 3. The highest BCUT2D eigenvalue weighted by atomic mass is 16.5. The van der Waals surface area contributed by atoms with Crippen LogP contribution in [0, 0.1) is 5.41 Å². The molecule has 1 aliphatic heterocycles. The van der Waals surface area contributed by atoms with E-state index in [4.69, 9.17) is 15.9 Å². The third kappa shape index (κ3) is 3.75. The number of rotatable bonds is 2. The van der Waals surface area contributed by atoms with Crippen molar-refractivity contribution >= 4 is 5.96 Å². The maximum absolute atomic E-state index is 8.08. The second kappa shape index (κ2) is 7.95. The highest BCUT2D eigenvalue weighted by Crippen LogP contribution is 2.34. The first kappa shape index (κ1) is 16.5. The van der Waals surface area contributed by atoms with Crippen molar-refractivity contribution in [2.75, 3.05) is 26.3 Å². The first-order valence-corrected chi connectivity index (χ1v) is 8.29. The van der Waals surface area contributed by atoms with Crippen molar-refractivity contribution < 1.29 is 4.74 Å². The summed E-state index contributed by atoms with van der Waals surface area (Å²) in [5.74, 6) is 0.0667. The Morgan fingerprint density at radius 2 is 1.62 bits per heavy atom. The van der Waals surface area contributed by atoms with E-state index in [1.165, 1.54) is 5.56 Å². The topological polar surface area (TPSA) is 74.4 Å². The molecule has 0 saturated carbocycles. The maximum atomic E-state index is 8.08. The van der Waals surface area contributed by atoms with E-state index in [0.29, 0.717) is 19.8 Å². The van der Waals surface area contributed by atoms with Crippen molar-refractivity contribution in [1.29, 1.82) is 5.41 Å². The quantitative estimate of drug-likeness (QED) is 0.585. The molecule has 0 bridgehead atoms. The molecule has 0 radical (unpaired) electrons. The summed E-state index contributed by atoms with van der Waals surface area (Å²) in [6.07, 6.45) is 0. The van der Waals surface area contributed by atoms with Gasteiger partial charge in [0.1, 0.15) is 0 Å². The molecule has 2 atom stereocenters. The van der Waals surface area contributed by atoms with Gasteiger partial charge in [0.25, 0.3) is 0 Å². The van der Waals surface area contributed by atoms with Crippen LogP contribution >= 0.6 is 0 Å². The molecule has 24 heavy (non-hydrogen) atoms. The summed E-state index contributed by atoms with van der Waals surface area (Å²) < 4.78 is 5.65. The Labute approximate surface area is 142 Å². The van der Waals surface area contributed by atoms with Crippen LogP contribution in [0.5, 0.6) is 0 Å². The van der Waals surface area contributed by atoms with E-state index >= 15 is 0 Å². The lowest BCUT2D eigenvalue weighted by Crippen LogP contribution is -2.45. The number of benzene rings is 2. The molecule has 1 fully saturated rings. The summed E-state index contributed by atoms with van der Waals surface area (Å²) >= 11 is 0. The van der Waals surface area contributed by atoms with Crippen LogP contribution in [-0.4, -0.2) is 37.2 Å². The van der Waals surface area contributed by atoms with E-state index in [9.17, 15) is 0 Å². The van der Waals surface area contributed by atoms with E-state index in [-0.39, 0.29) is 18.0 Å². The predicted octanol–water partition coefficient (Wildman–Crippen LogP) is 2.28. The molecule has 0 aromatic heterocycles. The second-order valence-corrected chi connectivity index (χ2v) is 5.89. The first-order valence-electron chi connectivity index (χ1n) is 8.29. The summed E-state index contributed by atoms with van der Waals surface area (Å²) in [5.41, 5.74) is 8.25. The summed E-state index contributed by atoms with van der Waals surface area (Å²) in [6.45, 7) is 2.57. The van der Waals surface area contributed by atoms with Crippen molar-refractivity contribution in [3.8, 4) is 0 Å². The van der Waals surface area contributed by atoms with Gasteiger partial charge in [-0.15, -0.1) is 0 Å². The fraction of sp³-hybridized carbons (Fsp3) is 0.316. The van der Waals surface area contributed by atoms with Gasteiger partial charge in [0.2, 0.25) is 0 Å². The van der Waals surface area contributed by atoms with Gasteiger partial charge in [-0.25, -0.2) is 0 Å². The Hall–Kier alpha value is -2.37. The van der Waals surface area contributed by atoms with Crippen LogP contribution in [-0.2, 0) is 4.74 Å². The Bertz CT molecular complexity index is 647. The average Bonchev–Trinajstić information content (AvgIpc) is 2.73. The van der Waals surface area contributed by atoms with E-state index in [2.05, 4.69) is 29.6 Å². The molecule has 0 aliphatic carbocycles. The standard InChI is InChI=1S/C19H24N4O/c20-19(21)23-12-14-24-13-11-22-17(15-7-3-1-4-8-15)18(23)16-9-5-2-6-10-16/h1-10,17-18,22H,11-14H2,(H3,20,21). The Kier molecular flexibility index (Phi) is 5.46. The molecule has 3 rings (SSSR count). The largest absolute Gasteiger partial charge is 0.378 e. The molecular formula is C19H24N4O. The molecular weight excluding hydrogens is 300 g/mol. The molecule has 5 nitrogen and oxygen atoms in total. The van der Waals surface area contributed by atoms with Crippen LogP contribution < -0.4 is 11.1 Å². The fourth-order valence-corrected chi connectivity index (χ4v) is 3.24. The van der Waals surface area contributed by atoms with Crippen molar-refractivity contribution in [3.05, 3.63) is 71.8 Å². The molecule has 126 valence electrons. The predicted molar refractivity (Wildman–Crippen MR) is 95.8 cm³/mol. The van der Waals surface area contributed by atoms with Crippen molar-refractivity contribution in [2.24, 2.45) is 5.73 Å². The molecule has 2 aromatic rings. The Balaban J connectivity index is 2.06. The van der Waals surface area contributed by atoms with Crippen LogP contribution in [0.15, 0.2) is 60.7 Å². The zero-order chi connectivity index (χ0) is 16.8. The fourth-order valence-electron chi connectivity index (χ4n) is 3.24. The van der Waals surface area contributed by atoms with Crippen molar-refractivity contribution in [2.45, 2.75) is 12.1 Å². The molecule has 4 N–H and O–H groups in total. The van der Waals surface area contributed by atoms with Gasteiger partial charge in [0.15, 0.2) is 5.96 Å². The lowest BCUT2D eigenvalue weighted by Gasteiger charge is -2.37. The van der Waals surface area contributed by atoms with Gasteiger partial charge in [-0.3, -0.25) is 5.41 Å². The van der Waals surface area contributed by atoms with Crippen LogP contribution in [0.3, 0.4) is 0 Å². The summed E-state index contributed by atoms with van der Waals surface area (Å²) in [5, 5.41) is 11.7. The van der Waals surface area contributed by atoms with Gasteiger partial charge in [0.05, 0.1) is 25.3 Å². The van der Waals surface area contributed by atoms with Crippen molar-refractivity contribution in [3.63, 3.8) is 0 Å². The smallest absolute Gasteiger partial charge is 0.189 e. The minimum atomic E-state index is -0.0622. The molecule has 2 aromatic carbocycles. The van der Waals surface area contributed by atoms with Crippen LogP contribution in [0.25, 0.3) is 0 Å². The number of nitrogens with two attached hydrogens (primary N) is 1. The highest BCUT2D eigenvalue weighted by molar-refractivity contribution is 5.75. The highest BCUT2D eigenvalue weighted by Gasteiger charge is 2.31. The van der Waals surface area contributed by atoms with E-state index in [0.717, 1.165) is 12.1 Å². The average molecular weight is 324 g/mol. The molecule has 2 unspecified atom stereocenters. The summed E-state index contributed by atoms with van der Waals surface area (Å²) in [7, 11) is 0. The van der Waals surface area contributed by atoms with E-state index in [1.807, 2.05) is 41.3 Å². The van der Waals surface area contributed by atoms with Gasteiger partial charge < -0.3 is 20.7 Å². The summed E-state index contributed by atoms with van der Waals surface area (Å²) in [6, 6.07) is 20.5. The number of ether oxygens (including phenoxy) is 1. The van der Waals surface area contributed by atoms with Gasteiger partial charge >= 0.3 is 0 Å². The zero-order valence-electron chi connectivity index (χ0n) is 13.7. The number of hydrogen-bond acceptors (Lipinski definition) is 3. The van der Waals surface area contributed by atoms with Gasteiger partial charge in [-0.05, 0) is 11.1 Å². The van der Waals surface area contributed by atoms with Gasteiger partial charge in [-0.1, -0.05) is 60.7 Å². The monoisotopic (exact) mass is 324 g/mol. The minimum absolute atomic E-state index is 0.0270. The number of nitrogens with one attached hydrogen (secondary N) is 2. The second-order valence-electron chi connectivity index (χ2n) is 5.89. The zero-order valence-corrected chi connectivity index (χ0v) is 13.7. The third-order valence-electron chi connectivity index (χ3n) is 4.35. The Morgan fingerprint density at radius 1 is 1.00 bits per heavy atom. The molecule has 1 heterocycles. The maximum Gasteiger partial charge on any atom is 0.189 e. The van der Waals surface area contributed by atoms with E-state index in [1.54, 1.807) is 0 Å². The molecule has 0 amide bonds.